The van der Waals surface area contributed by atoms with Gasteiger partial charge in [-0.2, -0.15) is 0 Å². The summed E-state index contributed by atoms with van der Waals surface area (Å²) in [5.41, 5.74) is 6.34. The van der Waals surface area contributed by atoms with E-state index in [9.17, 15) is 0 Å². The van der Waals surface area contributed by atoms with Crippen LogP contribution >= 0.6 is 0 Å². The summed E-state index contributed by atoms with van der Waals surface area (Å²) in [6.45, 7) is 7.91. The molecule has 0 aromatic heterocycles. The zero-order chi connectivity index (χ0) is 9.03. The lowest BCUT2D eigenvalue weighted by Gasteiger charge is -2.41. The highest BCUT2D eigenvalue weighted by Crippen LogP contribution is 2.29. The molecule has 72 valence electrons. The molecule has 0 heterocycles. The molecular weight excluding hydrogens is 148 g/mol. The van der Waals surface area contributed by atoms with E-state index in [2.05, 4.69) is 18.7 Å². The Hall–Kier alpha value is -0.0800. The average molecular weight is 170 g/mol. The van der Waals surface area contributed by atoms with Gasteiger partial charge in [-0.15, -0.1) is 0 Å². The zero-order valence-corrected chi connectivity index (χ0v) is 8.47. The van der Waals surface area contributed by atoms with Crippen molar-refractivity contribution in [2.24, 2.45) is 5.73 Å². The molecule has 2 heteroatoms. The fraction of sp³-hybridized carbons (Fsp3) is 1.00. The molecule has 0 radical (unpaired) electrons. The molecule has 0 aromatic rings. The van der Waals surface area contributed by atoms with Crippen molar-refractivity contribution in [1.29, 1.82) is 0 Å². The number of nitrogens with two attached hydrogens (primary N) is 1. The molecule has 1 fully saturated rings. The van der Waals surface area contributed by atoms with Gasteiger partial charge in [-0.1, -0.05) is 13.8 Å². The standard InChI is InChI=1S/C10H22N2/c1-3-8-12(4-2)9-10(11)6-5-7-10/h3-9,11H2,1-2H3. The summed E-state index contributed by atoms with van der Waals surface area (Å²) in [4.78, 5) is 2.47. The summed E-state index contributed by atoms with van der Waals surface area (Å²) < 4.78 is 0. The lowest BCUT2D eigenvalue weighted by Crippen LogP contribution is -2.55. The van der Waals surface area contributed by atoms with Crippen molar-refractivity contribution in [1.82, 2.24) is 4.90 Å². The highest BCUT2D eigenvalue weighted by atomic mass is 15.1. The van der Waals surface area contributed by atoms with Crippen LogP contribution in [0.25, 0.3) is 0 Å². The van der Waals surface area contributed by atoms with Gasteiger partial charge in [-0.05, 0) is 38.8 Å². The first-order valence-electron chi connectivity index (χ1n) is 5.21. The highest BCUT2D eigenvalue weighted by molar-refractivity contribution is 4.94. The van der Waals surface area contributed by atoms with E-state index in [0.717, 1.165) is 13.1 Å². The zero-order valence-electron chi connectivity index (χ0n) is 8.47. The lowest BCUT2D eigenvalue weighted by molar-refractivity contribution is 0.149. The van der Waals surface area contributed by atoms with Gasteiger partial charge in [-0.3, -0.25) is 0 Å². The van der Waals surface area contributed by atoms with E-state index in [-0.39, 0.29) is 5.54 Å². The van der Waals surface area contributed by atoms with Gasteiger partial charge < -0.3 is 10.6 Å². The summed E-state index contributed by atoms with van der Waals surface area (Å²) >= 11 is 0. The van der Waals surface area contributed by atoms with Crippen LogP contribution in [0.5, 0.6) is 0 Å². The van der Waals surface area contributed by atoms with Crippen LogP contribution in [0, 0.1) is 0 Å². The molecule has 2 nitrogen and oxygen atoms in total. The normalized spacial score (nSPS) is 21.0. The van der Waals surface area contributed by atoms with Crippen molar-refractivity contribution in [2.75, 3.05) is 19.6 Å². The molecule has 2 N–H and O–H groups in total. The maximum absolute atomic E-state index is 6.17. The Bertz CT molecular complexity index is 130. The number of hydrogen-bond donors (Lipinski definition) is 1. The summed E-state index contributed by atoms with van der Waals surface area (Å²) in [6.07, 6.45) is 5.03. The molecule has 0 saturated heterocycles. The minimum absolute atomic E-state index is 0.172. The van der Waals surface area contributed by atoms with E-state index in [1.807, 2.05) is 0 Å². The van der Waals surface area contributed by atoms with Gasteiger partial charge in [0.05, 0.1) is 0 Å². The van der Waals surface area contributed by atoms with E-state index in [1.54, 1.807) is 0 Å². The van der Waals surface area contributed by atoms with E-state index < -0.39 is 0 Å². The molecule has 12 heavy (non-hydrogen) atoms. The van der Waals surface area contributed by atoms with Crippen LogP contribution < -0.4 is 5.73 Å². The number of rotatable bonds is 5. The van der Waals surface area contributed by atoms with Crippen LogP contribution in [0.1, 0.15) is 39.5 Å². The van der Waals surface area contributed by atoms with Crippen LogP contribution in [0.3, 0.4) is 0 Å². The van der Waals surface area contributed by atoms with Crippen molar-refractivity contribution in [3.8, 4) is 0 Å². The minimum Gasteiger partial charge on any atom is -0.324 e. The maximum atomic E-state index is 6.17. The predicted molar refractivity (Wildman–Crippen MR) is 53.2 cm³/mol. The topological polar surface area (TPSA) is 29.3 Å². The van der Waals surface area contributed by atoms with Gasteiger partial charge in [0.2, 0.25) is 0 Å². The Morgan fingerprint density at radius 1 is 1.33 bits per heavy atom. The van der Waals surface area contributed by atoms with Crippen LogP contribution in [0.15, 0.2) is 0 Å². The smallest absolute Gasteiger partial charge is 0.0283 e. The molecule has 0 atom stereocenters. The Balaban J connectivity index is 2.25. The van der Waals surface area contributed by atoms with Crippen molar-refractivity contribution in [3.63, 3.8) is 0 Å². The Kier molecular flexibility index (Phi) is 3.53. The van der Waals surface area contributed by atoms with Crippen molar-refractivity contribution in [3.05, 3.63) is 0 Å². The third-order valence-corrected chi connectivity index (χ3v) is 2.87. The Labute approximate surface area is 76.1 Å². The molecule has 1 rings (SSSR count). The molecule has 0 amide bonds. The van der Waals surface area contributed by atoms with Crippen molar-refractivity contribution < 1.29 is 0 Å². The molecule has 0 unspecified atom stereocenters. The van der Waals surface area contributed by atoms with Gasteiger partial charge in [-0.25, -0.2) is 0 Å². The molecule has 0 aliphatic heterocycles. The first-order chi connectivity index (χ1) is 5.70. The monoisotopic (exact) mass is 170 g/mol. The highest BCUT2D eigenvalue weighted by Gasteiger charge is 2.33. The molecule has 1 saturated carbocycles. The van der Waals surface area contributed by atoms with Crippen LogP contribution in [-0.2, 0) is 0 Å². The second-order valence-electron chi connectivity index (χ2n) is 4.08. The van der Waals surface area contributed by atoms with Gasteiger partial charge in [0.15, 0.2) is 0 Å². The lowest BCUT2D eigenvalue weighted by atomic mass is 9.77. The third-order valence-electron chi connectivity index (χ3n) is 2.87. The van der Waals surface area contributed by atoms with Gasteiger partial charge in [0, 0.05) is 12.1 Å². The largest absolute Gasteiger partial charge is 0.324 e. The first-order valence-corrected chi connectivity index (χ1v) is 5.21. The van der Waals surface area contributed by atoms with Gasteiger partial charge in [0.1, 0.15) is 0 Å². The summed E-state index contributed by atoms with van der Waals surface area (Å²) in [7, 11) is 0. The fourth-order valence-electron chi connectivity index (χ4n) is 1.90. The number of likely N-dealkylation sites (N-methyl/N-ethyl adjacent to an activating group) is 1. The van der Waals surface area contributed by atoms with E-state index in [4.69, 9.17) is 5.73 Å². The van der Waals surface area contributed by atoms with Gasteiger partial charge in [0.25, 0.3) is 0 Å². The van der Waals surface area contributed by atoms with E-state index in [0.29, 0.717) is 0 Å². The summed E-state index contributed by atoms with van der Waals surface area (Å²) in [6, 6.07) is 0. The molecule has 0 spiro atoms. The average Bonchev–Trinajstić information content (AvgIpc) is 2.01. The second-order valence-corrected chi connectivity index (χ2v) is 4.08. The Morgan fingerprint density at radius 3 is 2.33 bits per heavy atom. The van der Waals surface area contributed by atoms with Crippen LogP contribution in [0.4, 0.5) is 0 Å². The first kappa shape index (κ1) is 10.0. The predicted octanol–water partition coefficient (Wildman–Crippen LogP) is 1.60. The fourth-order valence-corrected chi connectivity index (χ4v) is 1.90. The minimum atomic E-state index is 0.172. The maximum Gasteiger partial charge on any atom is 0.0283 e. The Morgan fingerprint density at radius 2 is 2.00 bits per heavy atom. The molecule has 0 aromatic carbocycles. The summed E-state index contributed by atoms with van der Waals surface area (Å²) in [5.74, 6) is 0. The molecular formula is C10H22N2. The van der Waals surface area contributed by atoms with E-state index in [1.165, 1.54) is 32.2 Å². The SMILES string of the molecule is CCCN(CC)CC1(N)CCC1. The van der Waals surface area contributed by atoms with Crippen molar-refractivity contribution >= 4 is 0 Å². The van der Waals surface area contributed by atoms with Crippen LogP contribution in [0.2, 0.25) is 0 Å². The molecule has 1 aliphatic carbocycles. The van der Waals surface area contributed by atoms with Crippen LogP contribution in [-0.4, -0.2) is 30.1 Å². The molecule has 1 aliphatic rings. The quantitative estimate of drug-likeness (QED) is 0.679. The van der Waals surface area contributed by atoms with Crippen molar-refractivity contribution in [2.45, 2.75) is 45.1 Å². The number of nitrogens with zero attached hydrogens (tertiary/aromatic N) is 1. The third kappa shape index (κ3) is 2.46. The summed E-state index contributed by atoms with van der Waals surface area (Å²) in [5, 5.41) is 0. The number of hydrogen-bond acceptors (Lipinski definition) is 2. The second kappa shape index (κ2) is 4.24. The van der Waals surface area contributed by atoms with Gasteiger partial charge >= 0.3 is 0 Å². The molecule has 0 bridgehead atoms. The van der Waals surface area contributed by atoms with E-state index >= 15 is 0 Å².